The lowest BCUT2D eigenvalue weighted by Gasteiger charge is -2.17. The highest BCUT2D eigenvalue weighted by molar-refractivity contribution is 7.99. The molecule has 0 heterocycles. The highest BCUT2D eigenvalue weighted by Gasteiger charge is 2.06. The fourth-order valence-corrected chi connectivity index (χ4v) is 6.38. The van der Waals surface area contributed by atoms with Crippen LogP contribution >= 0.6 is 19.7 Å². The third-order valence-electron chi connectivity index (χ3n) is 3.35. The summed E-state index contributed by atoms with van der Waals surface area (Å²) in [6, 6.07) is 0. The lowest BCUT2D eigenvalue weighted by atomic mass is 10.2. The fourth-order valence-electron chi connectivity index (χ4n) is 2.03. The Morgan fingerprint density at radius 1 is 0.611 bits per heavy atom. The molecule has 0 saturated heterocycles. The number of unbranched alkanes of at least 4 members (excludes halogenated alkanes) is 5. The van der Waals surface area contributed by atoms with Crippen molar-refractivity contribution in [2.45, 2.75) is 72.1 Å². The Morgan fingerprint density at radius 3 is 1.78 bits per heavy atom. The van der Waals surface area contributed by atoms with Crippen LogP contribution in [0.2, 0.25) is 0 Å². The van der Waals surface area contributed by atoms with Crippen molar-refractivity contribution in [3.05, 3.63) is 0 Å². The maximum atomic E-state index is 2.33. The molecule has 0 radical (unpaired) electrons. The molecule has 0 nitrogen and oxygen atoms in total. The van der Waals surface area contributed by atoms with Crippen molar-refractivity contribution >= 4 is 19.7 Å². The first-order valence-electron chi connectivity index (χ1n) is 8.15. The van der Waals surface area contributed by atoms with Gasteiger partial charge in [0, 0.05) is 0 Å². The van der Waals surface area contributed by atoms with Crippen LogP contribution in [0.15, 0.2) is 0 Å². The van der Waals surface area contributed by atoms with Crippen molar-refractivity contribution in [2.24, 2.45) is 0 Å². The highest BCUT2D eigenvalue weighted by atomic mass is 32.2. The van der Waals surface area contributed by atoms with Gasteiger partial charge in [0.1, 0.15) is 0 Å². The van der Waals surface area contributed by atoms with Crippen LogP contribution in [0.4, 0.5) is 0 Å². The van der Waals surface area contributed by atoms with Gasteiger partial charge in [-0.05, 0) is 49.3 Å². The molecule has 18 heavy (non-hydrogen) atoms. The quantitative estimate of drug-likeness (QED) is 0.264. The summed E-state index contributed by atoms with van der Waals surface area (Å²) < 4.78 is 0. The molecular formula is C16H35PS. The zero-order chi connectivity index (χ0) is 13.5. The van der Waals surface area contributed by atoms with Crippen LogP contribution in [0.3, 0.4) is 0 Å². The molecule has 0 saturated carbocycles. The van der Waals surface area contributed by atoms with Crippen LogP contribution in [0.25, 0.3) is 0 Å². The van der Waals surface area contributed by atoms with Crippen LogP contribution in [0, 0.1) is 0 Å². The maximum Gasteiger partial charge on any atom is -0.00281 e. The number of rotatable bonds is 14. The van der Waals surface area contributed by atoms with E-state index < -0.39 is 0 Å². The van der Waals surface area contributed by atoms with Crippen molar-refractivity contribution in [1.82, 2.24) is 0 Å². The van der Waals surface area contributed by atoms with E-state index in [1.165, 1.54) is 69.0 Å². The second-order valence-electron chi connectivity index (χ2n) is 5.22. The van der Waals surface area contributed by atoms with Gasteiger partial charge in [0.25, 0.3) is 0 Å². The molecule has 0 spiro atoms. The summed E-state index contributed by atoms with van der Waals surface area (Å²) in [5.74, 6) is 2.84. The average Bonchev–Trinajstić information content (AvgIpc) is 2.40. The van der Waals surface area contributed by atoms with Crippen LogP contribution in [-0.2, 0) is 0 Å². The van der Waals surface area contributed by atoms with Gasteiger partial charge in [0.05, 0.1) is 0 Å². The zero-order valence-electron chi connectivity index (χ0n) is 13.0. The molecular weight excluding hydrogens is 255 g/mol. The second-order valence-corrected chi connectivity index (χ2v) is 9.13. The molecule has 2 heteroatoms. The molecule has 0 fully saturated rings. The van der Waals surface area contributed by atoms with Gasteiger partial charge in [-0.2, -0.15) is 11.8 Å². The van der Waals surface area contributed by atoms with Crippen molar-refractivity contribution in [3.63, 3.8) is 0 Å². The van der Waals surface area contributed by atoms with E-state index in [0.717, 1.165) is 0 Å². The van der Waals surface area contributed by atoms with Gasteiger partial charge in [-0.25, -0.2) is 0 Å². The van der Waals surface area contributed by atoms with Gasteiger partial charge >= 0.3 is 0 Å². The number of thioether (sulfide) groups is 1. The van der Waals surface area contributed by atoms with Crippen molar-refractivity contribution in [1.29, 1.82) is 0 Å². The molecule has 0 aliphatic rings. The monoisotopic (exact) mass is 290 g/mol. The molecule has 0 aromatic rings. The van der Waals surface area contributed by atoms with Crippen LogP contribution in [-0.4, -0.2) is 30.0 Å². The molecule has 0 N–H and O–H groups in total. The average molecular weight is 290 g/mol. The first-order chi connectivity index (χ1) is 8.85. The molecule has 0 aromatic heterocycles. The maximum absolute atomic E-state index is 2.33. The third-order valence-corrected chi connectivity index (χ3v) is 7.48. The van der Waals surface area contributed by atoms with E-state index >= 15 is 0 Å². The molecule has 0 bridgehead atoms. The van der Waals surface area contributed by atoms with Crippen LogP contribution in [0.5, 0.6) is 0 Å². The van der Waals surface area contributed by atoms with Gasteiger partial charge in [0.2, 0.25) is 0 Å². The minimum Gasteiger partial charge on any atom is -0.162 e. The smallest absolute Gasteiger partial charge is 0.00281 e. The van der Waals surface area contributed by atoms with E-state index in [1.54, 1.807) is 12.3 Å². The van der Waals surface area contributed by atoms with E-state index in [1.807, 2.05) is 0 Å². The second kappa shape index (κ2) is 15.8. The van der Waals surface area contributed by atoms with Crippen molar-refractivity contribution in [3.8, 4) is 0 Å². The highest BCUT2D eigenvalue weighted by Crippen LogP contribution is 2.38. The van der Waals surface area contributed by atoms with E-state index in [4.69, 9.17) is 0 Å². The molecule has 0 atom stereocenters. The van der Waals surface area contributed by atoms with E-state index in [0.29, 0.717) is 7.92 Å². The lowest BCUT2D eigenvalue weighted by Crippen LogP contribution is -1.98. The molecule has 0 amide bonds. The summed E-state index contributed by atoms with van der Waals surface area (Å²) in [7, 11) is 0.379. The summed E-state index contributed by atoms with van der Waals surface area (Å²) in [6.07, 6.45) is 16.0. The van der Waals surface area contributed by atoms with Crippen LogP contribution in [0.1, 0.15) is 72.1 Å². The fraction of sp³-hybridized carbons (Fsp3) is 1.00. The molecule has 110 valence electrons. The zero-order valence-corrected chi connectivity index (χ0v) is 14.8. The minimum absolute atomic E-state index is 0.379. The minimum atomic E-state index is 0.379. The summed E-state index contributed by atoms with van der Waals surface area (Å²) >= 11 is 2.22. The normalized spacial score (nSPS) is 11.3. The SMILES string of the molecule is CCCCCCSCCP(CCCC)CCCC. The molecule has 0 rings (SSSR count). The standard InChI is InChI=1S/C16H35PS/c1-4-7-10-11-15-18-16-14-17(12-8-5-2)13-9-6-3/h4-16H2,1-3H3. The Morgan fingerprint density at radius 2 is 1.22 bits per heavy atom. The predicted molar refractivity (Wildman–Crippen MR) is 92.8 cm³/mol. The Balaban J connectivity index is 3.43. The molecule has 0 unspecified atom stereocenters. The summed E-state index contributed by atoms with van der Waals surface area (Å²) in [4.78, 5) is 0. The Labute approximate surface area is 122 Å². The molecule has 0 aliphatic heterocycles. The van der Waals surface area contributed by atoms with Gasteiger partial charge in [-0.1, -0.05) is 52.9 Å². The van der Waals surface area contributed by atoms with Gasteiger partial charge in [0.15, 0.2) is 0 Å². The number of hydrogen-bond acceptors (Lipinski definition) is 1. The predicted octanol–water partition coefficient (Wildman–Crippen LogP) is 6.38. The van der Waals surface area contributed by atoms with Gasteiger partial charge in [-0.15, -0.1) is 7.92 Å². The largest absolute Gasteiger partial charge is 0.162 e. The summed E-state index contributed by atoms with van der Waals surface area (Å²) in [5.41, 5.74) is 0. The van der Waals surface area contributed by atoms with Gasteiger partial charge in [-0.3, -0.25) is 0 Å². The first-order valence-corrected chi connectivity index (χ1v) is 11.2. The Bertz CT molecular complexity index is 142. The summed E-state index contributed by atoms with van der Waals surface area (Å²) in [5, 5.41) is 0. The van der Waals surface area contributed by atoms with E-state index in [-0.39, 0.29) is 0 Å². The van der Waals surface area contributed by atoms with Crippen molar-refractivity contribution in [2.75, 3.05) is 30.0 Å². The Kier molecular flexibility index (Phi) is 16.5. The van der Waals surface area contributed by atoms with Crippen molar-refractivity contribution < 1.29 is 0 Å². The third kappa shape index (κ3) is 13.2. The van der Waals surface area contributed by atoms with Gasteiger partial charge < -0.3 is 0 Å². The number of hydrogen-bond donors (Lipinski definition) is 0. The molecule has 0 aromatic carbocycles. The van der Waals surface area contributed by atoms with E-state index in [2.05, 4.69) is 32.5 Å². The first kappa shape index (κ1) is 18.8. The Hall–Kier alpha value is 0.780. The lowest BCUT2D eigenvalue weighted by molar-refractivity contribution is 0.706. The molecule has 0 aliphatic carbocycles. The summed E-state index contributed by atoms with van der Waals surface area (Å²) in [6.45, 7) is 6.95. The van der Waals surface area contributed by atoms with E-state index in [9.17, 15) is 0 Å². The van der Waals surface area contributed by atoms with Crippen LogP contribution < -0.4 is 0 Å². The topological polar surface area (TPSA) is 0 Å².